The minimum absolute atomic E-state index is 0.271. The van der Waals surface area contributed by atoms with Crippen molar-refractivity contribution in [3.8, 4) is 0 Å². The van der Waals surface area contributed by atoms with Crippen LogP contribution in [0, 0.1) is 6.92 Å². The lowest BCUT2D eigenvalue weighted by molar-refractivity contribution is -0.135. The summed E-state index contributed by atoms with van der Waals surface area (Å²) in [7, 11) is 0. The molecule has 2 saturated heterocycles. The number of likely N-dealkylation sites (tertiary alicyclic amines) is 1. The van der Waals surface area contributed by atoms with Gasteiger partial charge in [0.1, 0.15) is 10.8 Å². The Bertz CT molecular complexity index is 1120. The summed E-state index contributed by atoms with van der Waals surface area (Å²) in [5.41, 5.74) is 2.49. The molecule has 164 valence electrons. The van der Waals surface area contributed by atoms with Crippen LogP contribution in [0.2, 0.25) is 5.02 Å². The van der Waals surface area contributed by atoms with Crippen LogP contribution in [0.4, 0.5) is 5.82 Å². The number of carbonyl (C=O) groups excluding carboxylic acids is 1. The van der Waals surface area contributed by atoms with E-state index in [-0.39, 0.29) is 5.91 Å². The molecular weight excluding hydrogens is 412 g/mol. The lowest BCUT2D eigenvalue weighted by Gasteiger charge is -2.38. The van der Waals surface area contributed by atoms with Gasteiger partial charge in [0.25, 0.3) is 0 Å². The van der Waals surface area contributed by atoms with Crippen molar-refractivity contribution in [2.24, 2.45) is 0 Å². The van der Waals surface area contributed by atoms with E-state index in [1.807, 2.05) is 23.6 Å². The fraction of sp³-hybridized carbons (Fsp3) is 0.522. The van der Waals surface area contributed by atoms with Crippen molar-refractivity contribution in [1.82, 2.24) is 24.4 Å². The number of nitrogens with zero attached hydrogens (tertiary/aromatic N) is 6. The summed E-state index contributed by atoms with van der Waals surface area (Å²) in [5, 5.41) is 6.25. The number of para-hydroxylation sites is 1. The highest BCUT2D eigenvalue weighted by molar-refractivity contribution is 6.34. The third kappa shape index (κ3) is 3.74. The molecule has 1 amide bonds. The van der Waals surface area contributed by atoms with Crippen LogP contribution in [0.25, 0.3) is 16.6 Å². The fourth-order valence-corrected chi connectivity index (χ4v) is 5.04. The van der Waals surface area contributed by atoms with E-state index >= 15 is 0 Å². The van der Waals surface area contributed by atoms with Crippen molar-refractivity contribution in [2.45, 2.75) is 39.2 Å². The Hall–Kier alpha value is -2.38. The van der Waals surface area contributed by atoms with Crippen molar-refractivity contribution in [1.29, 1.82) is 0 Å². The van der Waals surface area contributed by atoms with Crippen LogP contribution in [-0.2, 0) is 4.79 Å². The van der Waals surface area contributed by atoms with Gasteiger partial charge >= 0.3 is 0 Å². The summed E-state index contributed by atoms with van der Waals surface area (Å²) >= 11 is 6.50. The minimum atomic E-state index is 0.271. The molecule has 1 aromatic carbocycles. The fourth-order valence-electron chi connectivity index (χ4n) is 4.88. The van der Waals surface area contributed by atoms with Crippen LogP contribution >= 0.6 is 11.6 Å². The molecule has 2 aliphatic heterocycles. The van der Waals surface area contributed by atoms with Crippen LogP contribution in [-0.4, -0.2) is 75.6 Å². The molecule has 31 heavy (non-hydrogen) atoms. The van der Waals surface area contributed by atoms with Crippen molar-refractivity contribution in [2.75, 3.05) is 44.2 Å². The lowest BCUT2D eigenvalue weighted by Crippen LogP contribution is -2.52. The van der Waals surface area contributed by atoms with Crippen molar-refractivity contribution >= 4 is 39.9 Å². The number of hydrogen-bond donors (Lipinski definition) is 0. The zero-order chi connectivity index (χ0) is 21.5. The van der Waals surface area contributed by atoms with Crippen LogP contribution < -0.4 is 4.90 Å². The highest BCUT2D eigenvalue weighted by Crippen LogP contribution is 2.30. The van der Waals surface area contributed by atoms with E-state index in [4.69, 9.17) is 16.6 Å². The molecule has 0 spiro atoms. The quantitative estimate of drug-likeness (QED) is 0.625. The van der Waals surface area contributed by atoms with Gasteiger partial charge in [-0.3, -0.25) is 9.69 Å². The Morgan fingerprint density at radius 3 is 2.68 bits per heavy atom. The smallest absolute Gasteiger partial charge is 0.236 e. The molecule has 3 aromatic rings. The number of hydrogen-bond acceptors (Lipinski definition) is 5. The molecule has 0 N–H and O–H groups in total. The summed E-state index contributed by atoms with van der Waals surface area (Å²) in [4.78, 5) is 24.4. The highest BCUT2D eigenvalue weighted by atomic mass is 35.5. The Morgan fingerprint density at radius 1 is 1.13 bits per heavy atom. The Balaban J connectivity index is 1.34. The molecule has 5 rings (SSSR count). The van der Waals surface area contributed by atoms with Gasteiger partial charge in [-0.05, 0) is 45.2 Å². The first-order valence-electron chi connectivity index (χ1n) is 11.2. The molecule has 8 heteroatoms. The molecule has 1 atom stereocenters. The van der Waals surface area contributed by atoms with Crippen molar-refractivity contribution in [3.63, 3.8) is 0 Å². The number of rotatable bonds is 3. The van der Waals surface area contributed by atoms with E-state index in [0.29, 0.717) is 23.3 Å². The van der Waals surface area contributed by atoms with E-state index in [1.165, 1.54) is 6.42 Å². The molecule has 7 nitrogen and oxygen atoms in total. The number of aryl methyl sites for hydroxylation is 1. The summed E-state index contributed by atoms with van der Waals surface area (Å²) < 4.78 is 1.84. The average Bonchev–Trinajstić information content (AvgIpc) is 3.08. The van der Waals surface area contributed by atoms with Gasteiger partial charge < -0.3 is 9.80 Å². The van der Waals surface area contributed by atoms with E-state index < -0.39 is 0 Å². The van der Waals surface area contributed by atoms with E-state index in [0.717, 1.165) is 68.0 Å². The zero-order valence-electron chi connectivity index (χ0n) is 18.2. The second-order valence-corrected chi connectivity index (χ2v) is 9.16. The first-order valence-corrected chi connectivity index (χ1v) is 11.6. The SMILES string of the molecule is Cc1nn2c(nc(N3CCN(CC(=O)N4CCCCC4C)CC3)c3ccccc32)c1Cl. The van der Waals surface area contributed by atoms with Crippen LogP contribution in [0.5, 0.6) is 0 Å². The molecule has 4 heterocycles. The monoisotopic (exact) mass is 440 g/mol. The molecular formula is C23H29ClN6O. The van der Waals surface area contributed by atoms with Crippen molar-refractivity contribution < 1.29 is 4.79 Å². The largest absolute Gasteiger partial charge is 0.353 e. The second-order valence-electron chi connectivity index (χ2n) is 8.78. The molecule has 0 saturated carbocycles. The Morgan fingerprint density at radius 2 is 1.90 bits per heavy atom. The lowest BCUT2D eigenvalue weighted by atomic mass is 10.0. The molecule has 1 unspecified atom stereocenters. The highest BCUT2D eigenvalue weighted by Gasteiger charge is 2.27. The van der Waals surface area contributed by atoms with Gasteiger partial charge in [-0.1, -0.05) is 23.7 Å². The van der Waals surface area contributed by atoms with Crippen molar-refractivity contribution in [3.05, 3.63) is 35.0 Å². The standard InChI is InChI=1S/C23H29ClN6O/c1-16-7-5-6-10-29(16)20(31)15-27-11-13-28(14-12-27)22-18-8-3-4-9-19(18)30-23(25-22)21(24)17(2)26-30/h3-4,8-9,16H,5-7,10-15H2,1-2H3. The number of benzene rings is 1. The number of anilines is 1. The third-order valence-electron chi connectivity index (χ3n) is 6.70. The van der Waals surface area contributed by atoms with Crippen LogP contribution in [0.1, 0.15) is 31.9 Å². The number of carbonyl (C=O) groups is 1. The molecule has 0 radical (unpaired) electrons. The number of halogens is 1. The number of amides is 1. The second kappa shape index (κ2) is 8.28. The first kappa shape index (κ1) is 20.5. The molecule has 2 aromatic heterocycles. The van der Waals surface area contributed by atoms with E-state index in [1.54, 1.807) is 0 Å². The molecule has 0 aliphatic carbocycles. The summed E-state index contributed by atoms with van der Waals surface area (Å²) in [6.07, 6.45) is 3.48. The number of piperazine rings is 1. The van der Waals surface area contributed by atoms with Gasteiger partial charge in [-0.15, -0.1) is 0 Å². The minimum Gasteiger partial charge on any atom is -0.353 e. The predicted molar refractivity (Wildman–Crippen MR) is 124 cm³/mol. The summed E-state index contributed by atoms with van der Waals surface area (Å²) in [6, 6.07) is 8.57. The van der Waals surface area contributed by atoms with Gasteiger partial charge in [-0.25, -0.2) is 9.50 Å². The zero-order valence-corrected chi connectivity index (χ0v) is 19.0. The maximum Gasteiger partial charge on any atom is 0.236 e. The van der Waals surface area contributed by atoms with E-state index in [2.05, 4.69) is 38.9 Å². The van der Waals surface area contributed by atoms with Gasteiger partial charge in [-0.2, -0.15) is 5.10 Å². The molecule has 2 aliphatic rings. The normalized spacial score (nSPS) is 20.7. The summed E-state index contributed by atoms with van der Waals surface area (Å²) in [6.45, 7) is 8.86. The maximum atomic E-state index is 12.8. The van der Waals surface area contributed by atoms with Gasteiger partial charge in [0, 0.05) is 44.2 Å². The summed E-state index contributed by atoms with van der Waals surface area (Å²) in [5.74, 6) is 1.22. The Kier molecular flexibility index (Phi) is 5.48. The average molecular weight is 441 g/mol. The maximum absolute atomic E-state index is 12.8. The van der Waals surface area contributed by atoms with Crippen LogP contribution in [0.15, 0.2) is 24.3 Å². The Labute approximate surface area is 187 Å². The first-order chi connectivity index (χ1) is 15.0. The third-order valence-corrected chi connectivity index (χ3v) is 7.15. The molecule has 0 bridgehead atoms. The van der Waals surface area contributed by atoms with Gasteiger partial charge in [0.05, 0.1) is 17.8 Å². The van der Waals surface area contributed by atoms with Crippen LogP contribution in [0.3, 0.4) is 0 Å². The number of fused-ring (bicyclic) bond motifs is 3. The number of piperidine rings is 1. The van der Waals surface area contributed by atoms with Gasteiger partial charge in [0.2, 0.25) is 5.91 Å². The topological polar surface area (TPSA) is 57.0 Å². The van der Waals surface area contributed by atoms with E-state index in [9.17, 15) is 4.79 Å². The number of aromatic nitrogens is 3. The predicted octanol–water partition coefficient (Wildman–Crippen LogP) is 3.37. The molecule has 2 fully saturated rings. The van der Waals surface area contributed by atoms with Gasteiger partial charge in [0.15, 0.2) is 5.65 Å².